The van der Waals surface area contributed by atoms with Gasteiger partial charge in [-0.2, -0.15) is 13.2 Å². The normalized spacial score (nSPS) is 17.1. The molecule has 0 spiro atoms. The number of hydrogen-bond donors (Lipinski definition) is 2. The summed E-state index contributed by atoms with van der Waals surface area (Å²) in [6.45, 7) is 1.43. The third-order valence-corrected chi connectivity index (χ3v) is 5.27. The molecule has 0 unspecified atom stereocenters. The van der Waals surface area contributed by atoms with Gasteiger partial charge in [-0.15, -0.1) is 0 Å². The molecule has 1 saturated carbocycles. The van der Waals surface area contributed by atoms with Crippen LogP contribution in [-0.4, -0.2) is 47.6 Å². The van der Waals surface area contributed by atoms with E-state index >= 15 is 0 Å². The molecule has 166 valence electrons. The highest BCUT2D eigenvalue weighted by Gasteiger charge is 2.44. The first kappa shape index (κ1) is 23.9. The van der Waals surface area contributed by atoms with E-state index in [1.165, 1.54) is 0 Å². The summed E-state index contributed by atoms with van der Waals surface area (Å²) in [4.78, 5) is 24.8. The van der Waals surface area contributed by atoms with Crippen LogP contribution in [0.2, 0.25) is 0 Å². The Kier molecular flexibility index (Phi) is 8.89. The van der Waals surface area contributed by atoms with Gasteiger partial charge in [0.25, 0.3) is 0 Å². The molecule has 2 amide bonds. The number of nitrogens with one attached hydrogen (secondary N) is 1. The van der Waals surface area contributed by atoms with E-state index in [4.69, 9.17) is 5.73 Å². The Morgan fingerprint density at radius 2 is 1.87 bits per heavy atom. The van der Waals surface area contributed by atoms with Gasteiger partial charge in [0.15, 0.2) is 0 Å². The second-order valence-electron chi connectivity index (χ2n) is 7.75. The predicted octanol–water partition coefficient (Wildman–Crippen LogP) is 3.34. The lowest BCUT2D eigenvalue weighted by atomic mass is 10.0. The molecule has 0 radical (unpaired) electrons. The molecule has 0 aromatic heterocycles. The third-order valence-electron chi connectivity index (χ3n) is 5.27. The highest BCUT2D eigenvalue weighted by atomic mass is 19.4. The van der Waals surface area contributed by atoms with Crippen molar-refractivity contribution in [1.29, 1.82) is 0 Å². The monoisotopic (exact) mass is 425 g/mol. The molecule has 1 aliphatic rings. The van der Waals surface area contributed by atoms with Crippen LogP contribution in [0.25, 0.3) is 0 Å². The molecule has 0 bridgehead atoms. The van der Waals surface area contributed by atoms with Crippen molar-refractivity contribution in [2.24, 2.45) is 5.73 Å². The van der Waals surface area contributed by atoms with Crippen LogP contribution >= 0.6 is 0 Å². The fraction of sp³-hybridized carbons (Fsp3) is 0.545. The highest BCUT2D eigenvalue weighted by molar-refractivity contribution is 5.82. The molecular weight excluding hydrogens is 395 g/mol. The first-order chi connectivity index (χ1) is 14.2. The maximum absolute atomic E-state index is 13.0. The average molecular weight is 425 g/mol. The molecule has 2 rings (SSSR count). The van der Waals surface area contributed by atoms with Gasteiger partial charge in [0, 0.05) is 18.6 Å². The number of carbonyl (C=O) groups excluding carboxylic acids is 2. The summed E-state index contributed by atoms with van der Waals surface area (Å²) in [5.41, 5.74) is 6.71. The first-order valence-electron chi connectivity index (χ1n) is 10.3. The quantitative estimate of drug-likeness (QED) is 0.596. The lowest BCUT2D eigenvalue weighted by molar-refractivity contribution is -0.187. The van der Waals surface area contributed by atoms with Crippen molar-refractivity contribution in [3.63, 3.8) is 0 Å². The number of hydrogen-bond acceptors (Lipinski definition) is 3. The number of amides is 2. The Hall–Kier alpha value is -2.35. The topological polar surface area (TPSA) is 75.4 Å². The fourth-order valence-corrected chi connectivity index (χ4v) is 3.61. The maximum Gasteiger partial charge on any atom is 0.471 e. The Labute approximate surface area is 175 Å². The third kappa shape index (κ3) is 7.48. The van der Waals surface area contributed by atoms with Crippen molar-refractivity contribution >= 4 is 11.8 Å². The molecule has 1 fully saturated rings. The van der Waals surface area contributed by atoms with Gasteiger partial charge in [-0.05, 0) is 38.2 Å². The minimum absolute atomic E-state index is 0.140. The predicted molar refractivity (Wildman–Crippen MR) is 110 cm³/mol. The van der Waals surface area contributed by atoms with E-state index < -0.39 is 30.2 Å². The number of carbonyl (C=O) groups is 2. The number of rotatable bonds is 9. The molecule has 2 atom stereocenters. The summed E-state index contributed by atoms with van der Waals surface area (Å²) >= 11 is 0. The summed E-state index contributed by atoms with van der Waals surface area (Å²) in [6.07, 6.45) is 2.35. The lowest BCUT2D eigenvalue weighted by Crippen LogP contribution is -2.46. The molecule has 1 aromatic carbocycles. The van der Waals surface area contributed by atoms with Crippen LogP contribution in [0.3, 0.4) is 0 Å². The van der Waals surface area contributed by atoms with E-state index in [2.05, 4.69) is 5.32 Å². The van der Waals surface area contributed by atoms with Crippen LogP contribution in [0.15, 0.2) is 42.5 Å². The standard InChI is InChI=1S/C22H30F3N3O2/c1-16(26)20(29)27-18(14-13-17-8-3-2-4-9-17)10-7-15-28(19-11-5-6-12-19)21(30)22(23,24)25/h2-4,7-10,16,18-19H,5-6,11-15,26H2,1H3,(H,27,29)/b10-7+/t16-,18+/m0/s1. The Morgan fingerprint density at radius 1 is 1.23 bits per heavy atom. The van der Waals surface area contributed by atoms with Crippen molar-refractivity contribution in [2.45, 2.75) is 69.8 Å². The maximum atomic E-state index is 13.0. The van der Waals surface area contributed by atoms with E-state index in [9.17, 15) is 22.8 Å². The van der Waals surface area contributed by atoms with Gasteiger partial charge in [-0.25, -0.2) is 0 Å². The van der Waals surface area contributed by atoms with Gasteiger partial charge in [-0.1, -0.05) is 55.3 Å². The van der Waals surface area contributed by atoms with E-state index in [1.54, 1.807) is 19.1 Å². The minimum atomic E-state index is -4.90. The number of nitrogens with zero attached hydrogens (tertiary/aromatic N) is 1. The van der Waals surface area contributed by atoms with Crippen LogP contribution in [-0.2, 0) is 16.0 Å². The second-order valence-corrected chi connectivity index (χ2v) is 7.75. The molecule has 30 heavy (non-hydrogen) atoms. The molecule has 0 heterocycles. The molecule has 5 nitrogen and oxygen atoms in total. The zero-order chi connectivity index (χ0) is 22.1. The van der Waals surface area contributed by atoms with E-state index in [-0.39, 0.29) is 12.5 Å². The lowest BCUT2D eigenvalue weighted by Gasteiger charge is -2.28. The Balaban J connectivity index is 2.06. The molecule has 8 heteroatoms. The largest absolute Gasteiger partial charge is 0.471 e. The number of aryl methyl sites for hydroxylation is 1. The van der Waals surface area contributed by atoms with Crippen LogP contribution in [0.4, 0.5) is 13.2 Å². The SMILES string of the molecule is C[C@H](N)C(=O)N[C@H](/C=C/CN(C(=O)C(F)(F)F)C1CCCC1)CCc1ccccc1. The molecule has 0 aliphatic heterocycles. The van der Waals surface area contributed by atoms with Gasteiger partial charge in [-0.3, -0.25) is 9.59 Å². The van der Waals surface area contributed by atoms with E-state index in [0.717, 1.165) is 23.3 Å². The summed E-state index contributed by atoms with van der Waals surface area (Å²) < 4.78 is 39.1. The first-order valence-corrected chi connectivity index (χ1v) is 10.3. The highest BCUT2D eigenvalue weighted by Crippen LogP contribution is 2.28. The van der Waals surface area contributed by atoms with Crippen LogP contribution < -0.4 is 11.1 Å². The van der Waals surface area contributed by atoms with Gasteiger partial charge in [0.2, 0.25) is 5.91 Å². The van der Waals surface area contributed by atoms with Crippen molar-refractivity contribution in [3.8, 4) is 0 Å². The van der Waals surface area contributed by atoms with Gasteiger partial charge < -0.3 is 16.0 Å². The number of nitrogens with two attached hydrogens (primary N) is 1. The van der Waals surface area contributed by atoms with Gasteiger partial charge in [0.1, 0.15) is 0 Å². The van der Waals surface area contributed by atoms with Crippen molar-refractivity contribution in [1.82, 2.24) is 10.2 Å². The van der Waals surface area contributed by atoms with Gasteiger partial charge in [0.05, 0.1) is 6.04 Å². The van der Waals surface area contributed by atoms with E-state index in [1.807, 2.05) is 30.3 Å². The average Bonchev–Trinajstić information content (AvgIpc) is 3.23. The van der Waals surface area contributed by atoms with E-state index in [0.29, 0.717) is 25.7 Å². The van der Waals surface area contributed by atoms with Crippen molar-refractivity contribution < 1.29 is 22.8 Å². The second kappa shape index (κ2) is 11.2. The van der Waals surface area contributed by atoms with Crippen molar-refractivity contribution in [2.75, 3.05) is 6.54 Å². The zero-order valence-electron chi connectivity index (χ0n) is 17.2. The molecular formula is C22H30F3N3O2. The minimum Gasteiger partial charge on any atom is -0.349 e. The Morgan fingerprint density at radius 3 is 2.43 bits per heavy atom. The zero-order valence-corrected chi connectivity index (χ0v) is 17.2. The molecule has 1 aliphatic carbocycles. The number of alkyl halides is 3. The van der Waals surface area contributed by atoms with Crippen molar-refractivity contribution in [3.05, 3.63) is 48.0 Å². The summed E-state index contributed by atoms with van der Waals surface area (Å²) in [5, 5.41) is 2.81. The molecule has 0 saturated heterocycles. The van der Waals surface area contributed by atoms with Gasteiger partial charge >= 0.3 is 12.1 Å². The molecule has 1 aromatic rings. The summed E-state index contributed by atoms with van der Waals surface area (Å²) in [7, 11) is 0. The number of halogens is 3. The van der Waals surface area contributed by atoms with Crippen LogP contribution in [0.1, 0.15) is 44.6 Å². The van der Waals surface area contributed by atoms with Crippen LogP contribution in [0.5, 0.6) is 0 Å². The fourth-order valence-electron chi connectivity index (χ4n) is 3.61. The smallest absolute Gasteiger partial charge is 0.349 e. The molecule has 3 N–H and O–H groups in total. The Bertz CT molecular complexity index is 714. The van der Waals surface area contributed by atoms with Crippen LogP contribution in [0, 0.1) is 0 Å². The summed E-state index contributed by atoms with van der Waals surface area (Å²) in [6, 6.07) is 8.20. The number of benzene rings is 1. The summed E-state index contributed by atoms with van der Waals surface area (Å²) in [5.74, 6) is -2.14.